The summed E-state index contributed by atoms with van der Waals surface area (Å²) in [4.78, 5) is 12.1. The van der Waals surface area contributed by atoms with Crippen LogP contribution in [0.15, 0.2) is 24.3 Å². The maximum Gasteiger partial charge on any atom is 0.230 e. The average molecular weight is 234 g/mol. The summed E-state index contributed by atoms with van der Waals surface area (Å²) < 4.78 is 0. The molecule has 17 heavy (non-hydrogen) atoms. The molecule has 1 saturated carbocycles. The fourth-order valence-corrected chi connectivity index (χ4v) is 2.04. The van der Waals surface area contributed by atoms with Crippen LogP contribution in [0, 0.1) is 5.41 Å². The van der Waals surface area contributed by atoms with Gasteiger partial charge in [-0.05, 0) is 43.9 Å². The molecule has 1 amide bonds. The Labute approximate surface area is 101 Å². The molecule has 1 aromatic carbocycles. The summed E-state index contributed by atoms with van der Waals surface area (Å²) in [7, 11) is 0. The van der Waals surface area contributed by atoms with E-state index in [1.54, 1.807) is 12.1 Å². The van der Waals surface area contributed by atoms with E-state index in [-0.39, 0.29) is 17.9 Å². The van der Waals surface area contributed by atoms with Gasteiger partial charge in [0.2, 0.25) is 5.91 Å². The summed E-state index contributed by atoms with van der Waals surface area (Å²) in [6.45, 7) is 0.146. The predicted octanol–water partition coefficient (Wildman–Crippen LogP) is 1.76. The third-order valence-electron chi connectivity index (χ3n) is 3.29. The molecule has 1 aromatic rings. The number of anilines is 2. The van der Waals surface area contributed by atoms with Gasteiger partial charge in [-0.15, -0.1) is 0 Å². The SMILES string of the molecule is Nc1cccc(NC(=O)C2(CCCO)CC2)c1. The molecule has 0 heterocycles. The zero-order valence-corrected chi connectivity index (χ0v) is 9.78. The highest BCUT2D eigenvalue weighted by molar-refractivity contribution is 5.97. The van der Waals surface area contributed by atoms with Crippen LogP contribution in [0.5, 0.6) is 0 Å². The molecule has 92 valence electrons. The Kier molecular flexibility index (Phi) is 3.33. The summed E-state index contributed by atoms with van der Waals surface area (Å²) >= 11 is 0. The van der Waals surface area contributed by atoms with E-state index in [1.807, 2.05) is 12.1 Å². The fraction of sp³-hybridized carbons (Fsp3) is 0.462. The quantitative estimate of drug-likeness (QED) is 0.679. The van der Waals surface area contributed by atoms with Gasteiger partial charge in [0.25, 0.3) is 0 Å². The molecule has 4 N–H and O–H groups in total. The van der Waals surface area contributed by atoms with E-state index in [2.05, 4.69) is 5.32 Å². The Morgan fingerprint density at radius 3 is 2.82 bits per heavy atom. The van der Waals surface area contributed by atoms with Gasteiger partial charge >= 0.3 is 0 Å². The molecule has 0 bridgehead atoms. The Balaban J connectivity index is 1.97. The van der Waals surface area contributed by atoms with Gasteiger partial charge in [-0.3, -0.25) is 4.79 Å². The van der Waals surface area contributed by atoms with Crippen molar-refractivity contribution < 1.29 is 9.90 Å². The standard InChI is InChI=1S/C13H18N2O2/c14-10-3-1-4-11(9-10)15-12(17)13(6-7-13)5-2-8-16/h1,3-4,9,16H,2,5-8,14H2,(H,15,17). The van der Waals surface area contributed by atoms with Gasteiger partial charge in [0, 0.05) is 23.4 Å². The van der Waals surface area contributed by atoms with Crippen LogP contribution in [0.2, 0.25) is 0 Å². The largest absolute Gasteiger partial charge is 0.399 e. The van der Waals surface area contributed by atoms with Gasteiger partial charge in [0.1, 0.15) is 0 Å². The number of hydrogen-bond donors (Lipinski definition) is 3. The normalized spacial score (nSPS) is 16.5. The van der Waals surface area contributed by atoms with Gasteiger partial charge in [-0.2, -0.15) is 0 Å². The lowest BCUT2D eigenvalue weighted by molar-refractivity contribution is -0.121. The molecule has 4 heteroatoms. The maximum absolute atomic E-state index is 12.1. The van der Waals surface area contributed by atoms with E-state index < -0.39 is 0 Å². The number of aliphatic hydroxyl groups excluding tert-OH is 1. The van der Waals surface area contributed by atoms with Gasteiger partial charge in [0.15, 0.2) is 0 Å². The summed E-state index contributed by atoms with van der Waals surface area (Å²) in [6.07, 6.45) is 3.28. The molecule has 0 atom stereocenters. The van der Waals surface area contributed by atoms with E-state index in [9.17, 15) is 4.79 Å². The van der Waals surface area contributed by atoms with Crippen molar-refractivity contribution >= 4 is 17.3 Å². The maximum atomic E-state index is 12.1. The molecule has 0 aromatic heterocycles. The molecule has 1 fully saturated rings. The Morgan fingerprint density at radius 2 is 2.24 bits per heavy atom. The summed E-state index contributed by atoms with van der Waals surface area (Å²) in [5.74, 6) is 0.0524. The van der Waals surface area contributed by atoms with E-state index in [1.165, 1.54) is 0 Å². The lowest BCUT2D eigenvalue weighted by atomic mass is 9.99. The first kappa shape index (κ1) is 11.9. The number of carbonyl (C=O) groups excluding carboxylic acids is 1. The van der Waals surface area contributed by atoms with Crippen LogP contribution in [0.1, 0.15) is 25.7 Å². The van der Waals surface area contributed by atoms with E-state index in [0.29, 0.717) is 12.1 Å². The van der Waals surface area contributed by atoms with Crippen molar-refractivity contribution in [1.29, 1.82) is 0 Å². The zero-order valence-electron chi connectivity index (χ0n) is 9.78. The molecule has 0 aliphatic heterocycles. The van der Waals surface area contributed by atoms with Gasteiger partial charge in [-0.1, -0.05) is 6.07 Å². The number of nitrogens with one attached hydrogen (secondary N) is 1. The minimum absolute atomic E-state index is 0.0524. The number of benzene rings is 1. The van der Waals surface area contributed by atoms with E-state index in [0.717, 1.165) is 24.9 Å². The first-order chi connectivity index (χ1) is 8.16. The monoisotopic (exact) mass is 234 g/mol. The predicted molar refractivity (Wildman–Crippen MR) is 67.5 cm³/mol. The lowest BCUT2D eigenvalue weighted by Gasteiger charge is -2.14. The van der Waals surface area contributed by atoms with Crippen molar-refractivity contribution in [3.05, 3.63) is 24.3 Å². The summed E-state index contributed by atoms with van der Waals surface area (Å²) in [5.41, 5.74) is 6.79. The van der Waals surface area contributed by atoms with Gasteiger partial charge in [0.05, 0.1) is 0 Å². The Morgan fingerprint density at radius 1 is 1.47 bits per heavy atom. The highest BCUT2D eigenvalue weighted by atomic mass is 16.3. The van der Waals surface area contributed by atoms with Crippen LogP contribution >= 0.6 is 0 Å². The molecule has 2 rings (SSSR count). The van der Waals surface area contributed by atoms with Gasteiger partial charge < -0.3 is 16.2 Å². The Hall–Kier alpha value is -1.55. The number of aliphatic hydroxyl groups is 1. The van der Waals surface area contributed by atoms with E-state index >= 15 is 0 Å². The second kappa shape index (κ2) is 4.75. The molecule has 0 radical (unpaired) electrons. The molecule has 1 aliphatic rings. The fourth-order valence-electron chi connectivity index (χ4n) is 2.04. The van der Waals surface area contributed by atoms with Crippen molar-refractivity contribution in [3.8, 4) is 0 Å². The number of amides is 1. The molecule has 0 unspecified atom stereocenters. The number of hydrogen-bond acceptors (Lipinski definition) is 3. The Bertz CT molecular complexity index is 414. The van der Waals surface area contributed by atoms with Gasteiger partial charge in [-0.25, -0.2) is 0 Å². The zero-order chi connectivity index (χ0) is 12.3. The molecule has 1 aliphatic carbocycles. The first-order valence-electron chi connectivity index (χ1n) is 5.94. The second-order valence-electron chi connectivity index (χ2n) is 4.69. The summed E-state index contributed by atoms with van der Waals surface area (Å²) in [5, 5.41) is 11.7. The number of carbonyl (C=O) groups is 1. The smallest absolute Gasteiger partial charge is 0.230 e. The van der Waals surface area contributed by atoms with Crippen LogP contribution < -0.4 is 11.1 Å². The highest BCUT2D eigenvalue weighted by Gasteiger charge is 2.48. The molecule has 4 nitrogen and oxygen atoms in total. The van der Waals surface area contributed by atoms with Crippen LogP contribution in [0.4, 0.5) is 11.4 Å². The van der Waals surface area contributed by atoms with Crippen molar-refractivity contribution in [2.24, 2.45) is 5.41 Å². The number of rotatable bonds is 5. The van der Waals surface area contributed by atoms with Crippen LogP contribution in [0.3, 0.4) is 0 Å². The molecular formula is C13H18N2O2. The minimum Gasteiger partial charge on any atom is -0.399 e. The third-order valence-corrected chi connectivity index (χ3v) is 3.29. The molecular weight excluding hydrogens is 216 g/mol. The van der Waals surface area contributed by atoms with Crippen molar-refractivity contribution in [2.45, 2.75) is 25.7 Å². The summed E-state index contributed by atoms with van der Waals surface area (Å²) in [6, 6.07) is 7.18. The van der Waals surface area contributed by atoms with Crippen LogP contribution in [-0.2, 0) is 4.79 Å². The number of nitrogen functional groups attached to an aromatic ring is 1. The van der Waals surface area contributed by atoms with E-state index in [4.69, 9.17) is 10.8 Å². The molecule has 0 saturated heterocycles. The lowest BCUT2D eigenvalue weighted by Crippen LogP contribution is -2.24. The number of nitrogens with two attached hydrogens (primary N) is 1. The van der Waals surface area contributed by atoms with Crippen molar-refractivity contribution in [1.82, 2.24) is 0 Å². The minimum atomic E-state index is -0.243. The topological polar surface area (TPSA) is 75.3 Å². The van der Waals surface area contributed by atoms with Crippen molar-refractivity contribution in [2.75, 3.05) is 17.7 Å². The third kappa shape index (κ3) is 2.77. The van der Waals surface area contributed by atoms with Crippen LogP contribution in [-0.4, -0.2) is 17.6 Å². The highest BCUT2D eigenvalue weighted by Crippen LogP contribution is 2.50. The first-order valence-corrected chi connectivity index (χ1v) is 5.94. The average Bonchev–Trinajstić information content (AvgIpc) is 3.07. The van der Waals surface area contributed by atoms with Crippen molar-refractivity contribution in [3.63, 3.8) is 0 Å². The van der Waals surface area contributed by atoms with Crippen LogP contribution in [0.25, 0.3) is 0 Å². The molecule has 0 spiro atoms. The second-order valence-corrected chi connectivity index (χ2v) is 4.69.